The summed E-state index contributed by atoms with van der Waals surface area (Å²) in [5.74, 6) is -0.252. The van der Waals surface area contributed by atoms with Crippen LogP contribution in [0.25, 0.3) is 32.7 Å². The lowest BCUT2D eigenvalue weighted by Gasteiger charge is -2.31. The molecule has 1 aliphatic rings. The average Bonchev–Trinajstić information content (AvgIpc) is 3.41. The molecule has 8 aromatic carbocycles. The lowest BCUT2D eigenvalue weighted by molar-refractivity contribution is 0.629. The molecule has 1 aliphatic carbocycles. The van der Waals surface area contributed by atoms with Gasteiger partial charge in [-0.15, -0.1) is 0 Å². The molecule has 0 heterocycles. The fourth-order valence-electron chi connectivity index (χ4n) is 8.43. The normalized spacial score (nSPS) is 13.1. The Hall–Kier alpha value is -5.97. The van der Waals surface area contributed by atoms with Gasteiger partial charge in [0.15, 0.2) is 0 Å². The first kappa shape index (κ1) is 33.8. The van der Waals surface area contributed by atoms with Crippen LogP contribution >= 0.6 is 0 Å². The smallest absolute Gasteiger partial charge is 0.147 e. The Bertz CT molecular complexity index is 2690. The summed E-state index contributed by atoms with van der Waals surface area (Å²) in [5.41, 5.74) is 10.5. The van der Waals surface area contributed by atoms with Crippen molar-refractivity contribution in [3.8, 4) is 11.1 Å². The predicted molar refractivity (Wildman–Crippen MR) is 231 cm³/mol. The quantitative estimate of drug-likeness (QED) is 0.151. The molecule has 0 N–H and O–H groups in total. The lowest BCUT2D eigenvalue weighted by Crippen LogP contribution is -2.37. The maximum atomic E-state index is 16.0. The summed E-state index contributed by atoms with van der Waals surface area (Å²) >= 11 is 0. The van der Waals surface area contributed by atoms with Gasteiger partial charge >= 0.3 is 0 Å². The van der Waals surface area contributed by atoms with Crippen molar-refractivity contribution in [3.05, 3.63) is 187 Å². The molecule has 0 spiro atoms. The number of rotatable bonds is 7. The van der Waals surface area contributed by atoms with Gasteiger partial charge in [0.25, 0.3) is 0 Å². The summed E-state index contributed by atoms with van der Waals surface area (Å²) in [4.78, 5) is 4.50. The van der Waals surface area contributed by atoms with E-state index in [0.29, 0.717) is 5.69 Å². The molecule has 0 saturated carbocycles. The summed E-state index contributed by atoms with van der Waals surface area (Å²) in [6.07, 6.45) is 0. The van der Waals surface area contributed by atoms with Crippen molar-refractivity contribution in [2.45, 2.75) is 38.9 Å². The summed E-state index contributed by atoms with van der Waals surface area (Å²) in [6.45, 7) is 11.7. The van der Waals surface area contributed by atoms with E-state index in [9.17, 15) is 0 Å². The van der Waals surface area contributed by atoms with E-state index in [2.05, 4.69) is 189 Å². The number of hydrogen-bond donors (Lipinski definition) is 0. The summed E-state index contributed by atoms with van der Waals surface area (Å²) in [6, 6.07) is 59.7. The number of anilines is 6. The molecule has 0 aromatic heterocycles. The Morgan fingerprint density at radius 2 is 1.06 bits per heavy atom. The largest absolute Gasteiger partial charge is 0.310 e. The first-order valence-corrected chi connectivity index (χ1v) is 22.3. The fraction of sp³-hybridized carbons (Fsp3) is 0.120. The van der Waals surface area contributed by atoms with E-state index in [1.54, 1.807) is 12.1 Å². The monoisotopic (exact) mass is 718 g/mol. The van der Waals surface area contributed by atoms with Gasteiger partial charge in [0, 0.05) is 33.2 Å². The molecule has 0 fully saturated rings. The molecule has 0 radical (unpaired) electrons. The van der Waals surface area contributed by atoms with Gasteiger partial charge in [-0.05, 0) is 93.7 Å². The molecular formula is C50H43FN2Si. The molecule has 0 atom stereocenters. The van der Waals surface area contributed by atoms with E-state index >= 15 is 4.39 Å². The van der Waals surface area contributed by atoms with E-state index in [4.69, 9.17) is 0 Å². The van der Waals surface area contributed by atoms with Crippen LogP contribution in [0.3, 0.4) is 0 Å². The van der Waals surface area contributed by atoms with Crippen LogP contribution in [-0.4, -0.2) is 8.07 Å². The zero-order valence-electron chi connectivity index (χ0n) is 31.4. The number of para-hydroxylation sites is 2. The van der Waals surface area contributed by atoms with Crippen LogP contribution in [0, 0.1) is 5.82 Å². The number of nitrogens with zero attached hydrogens (tertiary/aromatic N) is 2. The molecule has 0 bridgehead atoms. The van der Waals surface area contributed by atoms with Crippen molar-refractivity contribution in [1.29, 1.82) is 0 Å². The highest BCUT2D eigenvalue weighted by molar-refractivity contribution is 6.88. The van der Waals surface area contributed by atoms with Gasteiger partial charge in [0.1, 0.15) is 5.82 Å². The molecular weight excluding hydrogens is 676 g/mol. The second kappa shape index (κ2) is 12.9. The SMILES string of the molecule is CC1(C)c2cc(N(c3ccccc3)c3cccc4ccccc34)ccc2-c2c1cc(N(c1ccc([Si](C)(C)C)cc1)c1ccccc1F)c1ccccc21. The van der Waals surface area contributed by atoms with E-state index in [-0.39, 0.29) is 11.2 Å². The van der Waals surface area contributed by atoms with Crippen LogP contribution in [0.15, 0.2) is 170 Å². The molecule has 2 nitrogen and oxygen atoms in total. The number of fused-ring (bicyclic) bond motifs is 6. The van der Waals surface area contributed by atoms with Gasteiger partial charge < -0.3 is 9.80 Å². The Balaban J connectivity index is 1.26. The van der Waals surface area contributed by atoms with Crippen molar-refractivity contribution >= 4 is 68.9 Å². The minimum Gasteiger partial charge on any atom is -0.310 e. The first-order valence-electron chi connectivity index (χ1n) is 18.8. The van der Waals surface area contributed by atoms with Gasteiger partial charge in [-0.1, -0.05) is 148 Å². The average molecular weight is 719 g/mol. The Kier molecular flexibility index (Phi) is 8.06. The maximum absolute atomic E-state index is 16.0. The molecule has 4 heteroatoms. The van der Waals surface area contributed by atoms with Crippen molar-refractivity contribution in [1.82, 2.24) is 0 Å². The second-order valence-electron chi connectivity index (χ2n) is 16.0. The van der Waals surface area contributed by atoms with Crippen LogP contribution in [0.1, 0.15) is 25.0 Å². The molecule has 8 aromatic rings. The maximum Gasteiger partial charge on any atom is 0.147 e. The highest BCUT2D eigenvalue weighted by Gasteiger charge is 2.39. The third-order valence-corrected chi connectivity index (χ3v) is 13.3. The molecule has 0 amide bonds. The van der Waals surface area contributed by atoms with Gasteiger partial charge in [-0.3, -0.25) is 0 Å². The fourth-order valence-corrected chi connectivity index (χ4v) is 9.60. The minimum absolute atomic E-state index is 0.252. The topological polar surface area (TPSA) is 6.48 Å². The van der Waals surface area contributed by atoms with Gasteiger partial charge in [0.2, 0.25) is 0 Å². The van der Waals surface area contributed by atoms with Crippen molar-refractivity contribution in [2.24, 2.45) is 0 Å². The third kappa shape index (κ3) is 5.52. The Morgan fingerprint density at radius 3 is 1.80 bits per heavy atom. The zero-order chi connectivity index (χ0) is 37.2. The predicted octanol–water partition coefficient (Wildman–Crippen LogP) is 13.9. The van der Waals surface area contributed by atoms with E-state index in [1.165, 1.54) is 43.6 Å². The molecule has 54 heavy (non-hydrogen) atoms. The standard InChI is InChI=1S/C50H43FN2Si/c1-50(2)43-32-37(52(35-18-7-6-8-19-35)46-25-15-17-34-16-9-10-20-39(34)46)28-31-42(43)49-41-22-12-11-21-40(41)48(33-44(49)50)53(47-24-14-13-23-45(47)51)36-26-29-38(30-27-36)54(3,4)5/h6-33H,1-5H3. The summed E-state index contributed by atoms with van der Waals surface area (Å²) in [7, 11) is -1.54. The van der Waals surface area contributed by atoms with Crippen LogP contribution in [0.4, 0.5) is 38.5 Å². The molecule has 0 saturated heterocycles. The van der Waals surface area contributed by atoms with E-state index in [1.807, 2.05) is 12.1 Å². The van der Waals surface area contributed by atoms with Crippen molar-refractivity contribution in [3.63, 3.8) is 0 Å². The van der Waals surface area contributed by atoms with Crippen LogP contribution in [0.5, 0.6) is 0 Å². The van der Waals surface area contributed by atoms with E-state index < -0.39 is 8.07 Å². The van der Waals surface area contributed by atoms with Crippen LogP contribution in [0.2, 0.25) is 19.6 Å². The lowest BCUT2D eigenvalue weighted by atomic mass is 9.81. The Labute approximate surface area is 318 Å². The first-order chi connectivity index (χ1) is 26.1. The highest BCUT2D eigenvalue weighted by atomic mass is 28.3. The molecule has 264 valence electrons. The van der Waals surface area contributed by atoms with Gasteiger partial charge in [-0.25, -0.2) is 4.39 Å². The summed E-state index contributed by atoms with van der Waals surface area (Å²) in [5, 5.41) is 6.03. The number of benzene rings is 8. The number of halogens is 1. The van der Waals surface area contributed by atoms with Gasteiger partial charge in [0.05, 0.1) is 25.1 Å². The van der Waals surface area contributed by atoms with Gasteiger partial charge in [-0.2, -0.15) is 0 Å². The highest BCUT2D eigenvalue weighted by Crippen LogP contribution is 2.56. The summed E-state index contributed by atoms with van der Waals surface area (Å²) < 4.78 is 16.0. The number of hydrogen-bond acceptors (Lipinski definition) is 2. The van der Waals surface area contributed by atoms with Crippen molar-refractivity contribution in [2.75, 3.05) is 9.80 Å². The second-order valence-corrected chi connectivity index (χ2v) is 21.0. The molecule has 0 aliphatic heterocycles. The zero-order valence-corrected chi connectivity index (χ0v) is 32.4. The third-order valence-electron chi connectivity index (χ3n) is 11.2. The van der Waals surface area contributed by atoms with Crippen LogP contribution in [-0.2, 0) is 5.41 Å². The molecule has 0 unspecified atom stereocenters. The Morgan fingerprint density at radius 1 is 0.463 bits per heavy atom. The minimum atomic E-state index is -1.54. The van der Waals surface area contributed by atoms with Crippen molar-refractivity contribution < 1.29 is 4.39 Å². The van der Waals surface area contributed by atoms with Crippen LogP contribution < -0.4 is 15.0 Å². The van der Waals surface area contributed by atoms with E-state index in [0.717, 1.165) is 33.8 Å². The molecule has 9 rings (SSSR count).